The van der Waals surface area contributed by atoms with Crippen LogP contribution in [-0.2, 0) is 9.53 Å². The van der Waals surface area contributed by atoms with Gasteiger partial charge in [0.15, 0.2) is 0 Å². The fraction of sp³-hybridized carbons (Fsp3) is 0.667. The average Bonchev–Trinajstić information content (AvgIpc) is 2.62. The Morgan fingerprint density at radius 2 is 2.12 bits per heavy atom. The number of hydrogen-bond acceptors (Lipinski definition) is 5. The number of rotatable bonds is 4. The molecule has 1 aromatic heterocycles. The van der Waals surface area contributed by atoms with E-state index in [2.05, 4.69) is 34.0 Å². The molecule has 6 heteroatoms. The van der Waals surface area contributed by atoms with Gasteiger partial charge in [-0.15, -0.1) is 0 Å². The lowest BCUT2D eigenvalue weighted by Crippen LogP contribution is -2.51. The number of ether oxygens (including phenoxy) is 1. The highest BCUT2D eigenvalue weighted by Crippen LogP contribution is 2.20. The van der Waals surface area contributed by atoms with Gasteiger partial charge in [0.2, 0.25) is 5.91 Å². The maximum absolute atomic E-state index is 12.5. The van der Waals surface area contributed by atoms with Crippen LogP contribution in [0.2, 0.25) is 0 Å². The van der Waals surface area contributed by atoms with Crippen LogP contribution in [0.15, 0.2) is 18.2 Å². The van der Waals surface area contributed by atoms with Crippen LogP contribution in [0.3, 0.4) is 0 Å². The number of amides is 1. The molecule has 1 amide bonds. The van der Waals surface area contributed by atoms with Crippen molar-refractivity contribution < 1.29 is 9.53 Å². The number of piperidine rings is 1. The third-order valence-electron chi connectivity index (χ3n) is 4.97. The van der Waals surface area contributed by atoms with E-state index in [0.717, 1.165) is 50.5 Å². The van der Waals surface area contributed by atoms with E-state index < -0.39 is 0 Å². The van der Waals surface area contributed by atoms with Crippen LogP contribution in [-0.4, -0.2) is 79.7 Å². The van der Waals surface area contributed by atoms with Gasteiger partial charge in [0.05, 0.1) is 19.8 Å². The van der Waals surface area contributed by atoms with Crippen LogP contribution in [0.5, 0.6) is 0 Å². The molecule has 0 radical (unpaired) electrons. The van der Waals surface area contributed by atoms with Gasteiger partial charge in [0.25, 0.3) is 0 Å². The van der Waals surface area contributed by atoms with Crippen molar-refractivity contribution in [3.05, 3.63) is 23.9 Å². The van der Waals surface area contributed by atoms with Crippen molar-refractivity contribution in [1.82, 2.24) is 14.8 Å². The monoisotopic (exact) mass is 332 g/mol. The van der Waals surface area contributed by atoms with E-state index in [0.29, 0.717) is 25.8 Å². The molecule has 0 aliphatic carbocycles. The first-order valence-electron chi connectivity index (χ1n) is 8.88. The summed E-state index contributed by atoms with van der Waals surface area (Å²) in [5, 5.41) is 0. The maximum Gasteiger partial charge on any atom is 0.236 e. The van der Waals surface area contributed by atoms with Crippen LogP contribution < -0.4 is 4.90 Å². The second kappa shape index (κ2) is 7.94. The molecule has 1 atom stereocenters. The molecule has 0 saturated carbocycles. The molecule has 0 aromatic carbocycles. The molecule has 6 nitrogen and oxygen atoms in total. The summed E-state index contributed by atoms with van der Waals surface area (Å²) >= 11 is 0. The first-order valence-corrected chi connectivity index (χ1v) is 8.88. The lowest BCUT2D eigenvalue weighted by atomic mass is 10.0. The minimum Gasteiger partial charge on any atom is -0.378 e. The number of likely N-dealkylation sites (N-methyl/N-ethyl adjacent to an activating group) is 1. The summed E-state index contributed by atoms with van der Waals surface area (Å²) < 4.78 is 5.32. The summed E-state index contributed by atoms with van der Waals surface area (Å²) in [6.45, 7) is 7.24. The fourth-order valence-electron chi connectivity index (χ4n) is 3.48. The lowest BCUT2D eigenvalue weighted by molar-refractivity contribution is -0.136. The van der Waals surface area contributed by atoms with Gasteiger partial charge < -0.3 is 14.5 Å². The summed E-state index contributed by atoms with van der Waals surface area (Å²) in [6.07, 6.45) is 2.27. The average molecular weight is 332 g/mol. The molecular weight excluding hydrogens is 304 g/mol. The van der Waals surface area contributed by atoms with Crippen molar-refractivity contribution in [2.75, 3.05) is 57.9 Å². The molecule has 3 rings (SSSR count). The maximum atomic E-state index is 12.5. The molecule has 0 N–H and O–H groups in total. The zero-order chi connectivity index (χ0) is 16.9. The third-order valence-corrected chi connectivity index (χ3v) is 4.97. The number of hydrogen-bond donors (Lipinski definition) is 0. The van der Waals surface area contributed by atoms with Crippen LogP contribution in [0.1, 0.15) is 18.5 Å². The van der Waals surface area contributed by atoms with E-state index in [1.54, 1.807) is 0 Å². The van der Waals surface area contributed by atoms with Gasteiger partial charge in [0.1, 0.15) is 5.82 Å². The fourth-order valence-corrected chi connectivity index (χ4v) is 3.48. The summed E-state index contributed by atoms with van der Waals surface area (Å²) in [7, 11) is 2.07. The topological polar surface area (TPSA) is 48.9 Å². The Bertz CT molecular complexity index is 560. The number of aryl methyl sites for hydroxylation is 1. The zero-order valence-electron chi connectivity index (χ0n) is 14.8. The van der Waals surface area contributed by atoms with Gasteiger partial charge in [0, 0.05) is 37.9 Å². The third kappa shape index (κ3) is 4.24. The Labute approximate surface area is 144 Å². The molecule has 2 fully saturated rings. The second-order valence-corrected chi connectivity index (χ2v) is 6.79. The zero-order valence-corrected chi connectivity index (χ0v) is 14.8. The Balaban J connectivity index is 1.56. The Morgan fingerprint density at radius 3 is 2.88 bits per heavy atom. The first kappa shape index (κ1) is 17.2. The van der Waals surface area contributed by atoms with E-state index in [4.69, 9.17) is 4.74 Å². The first-order chi connectivity index (χ1) is 11.6. The van der Waals surface area contributed by atoms with Crippen LogP contribution >= 0.6 is 0 Å². The number of aromatic nitrogens is 1. The molecule has 2 aliphatic rings. The Morgan fingerprint density at radius 1 is 1.33 bits per heavy atom. The predicted molar refractivity (Wildman–Crippen MR) is 94.2 cm³/mol. The van der Waals surface area contributed by atoms with Crippen LogP contribution in [0.25, 0.3) is 0 Å². The molecule has 132 valence electrons. The smallest absolute Gasteiger partial charge is 0.236 e. The molecule has 0 bridgehead atoms. The summed E-state index contributed by atoms with van der Waals surface area (Å²) in [6, 6.07) is 6.56. The van der Waals surface area contributed by atoms with E-state index in [-0.39, 0.29) is 5.91 Å². The van der Waals surface area contributed by atoms with Gasteiger partial charge in [-0.1, -0.05) is 6.07 Å². The SMILES string of the molecule is Cc1cccc(N2CCC[C@@H](N(C)CC(=O)N3CCOCC3)C2)n1. The van der Waals surface area contributed by atoms with E-state index in [9.17, 15) is 4.79 Å². The highest BCUT2D eigenvalue weighted by molar-refractivity contribution is 5.78. The normalized spacial score (nSPS) is 22.0. The molecule has 0 spiro atoms. The van der Waals surface area contributed by atoms with Crippen molar-refractivity contribution in [3.63, 3.8) is 0 Å². The molecular formula is C18H28N4O2. The molecule has 24 heavy (non-hydrogen) atoms. The number of pyridine rings is 1. The van der Waals surface area contributed by atoms with Gasteiger partial charge in [-0.05, 0) is 38.9 Å². The number of carbonyl (C=O) groups is 1. The Hall–Kier alpha value is -1.66. The molecule has 2 aliphatic heterocycles. The minimum atomic E-state index is 0.214. The van der Waals surface area contributed by atoms with Crippen molar-refractivity contribution in [1.29, 1.82) is 0 Å². The number of morpholine rings is 1. The van der Waals surface area contributed by atoms with Crippen LogP contribution in [0.4, 0.5) is 5.82 Å². The van der Waals surface area contributed by atoms with Crippen LogP contribution in [0, 0.1) is 6.92 Å². The van der Waals surface area contributed by atoms with E-state index in [1.165, 1.54) is 0 Å². The van der Waals surface area contributed by atoms with Crippen molar-refractivity contribution in [2.24, 2.45) is 0 Å². The number of carbonyl (C=O) groups excluding carboxylic acids is 1. The van der Waals surface area contributed by atoms with Gasteiger partial charge >= 0.3 is 0 Å². The van der Waals surface area contributed by atoms with Crippen molar-refractivity contribution >= 4 is 11.7 Å². The number of nitrogens with zero attached hydrogens (tertiary/aromatic N) is 4. The molecule has 1 aromatic rings. The summed E-state index contributed by atoms with van der Waals surface area (Å²) in [5.41, 5.74) is 1.05. The van der Waals surface area contributed by atoms with E-state index in [1.807, 2.05) is 17.9 Å². The molecule has 0 unspecified atom stereocenters. The van der Waals surface area contributed by atoms with E-state index >= 15 is 0 Å². The van der Waals surface area contributed by atoms with Gasteiger partial charge in [-0.25, -0.2) is 4.98 Å². The second-order valence-electron chi connectivity index (χ2n) is 6.79. The summed E-state index contributed by atoms with van der Waals surface area (Å²) in [5.74, 6) is 1.26. The predicted octanol–water partition coefficient (Wildman–Crippen LogP) is 1.15. The Kier molecular flexibility index (Phi) is 5.68. The lowest BCUT2D eigenvalue weighted by Gasteiger charge is -2.39. The number of anilines is 1. The standard InChI is InChI=1S/C18H28N4O2/c1-15-5-3-7-17(19-15)22-8-4-6-16(13-22)20(2)14-18(23)21-9-11-24-12-10-21/h3,5,7,16H,4,6,8-14H2,1-2H3/t16-/m1/s1. The van der Waals surface area contributed by atoms with Gasteiger partial charge in [-0.2, -0.15) is 0 Å². The minimum absolute atomic E-state index is 0.214. The van der Waals surface area contributed by atoms with Gasteiger partial charge in [-0.3, -0.25) is 9.69 Å². The highest BCUT2D eigenvalue weighted by Gasteiger charge is 2.27. The highest BCUT2D eigenvalue weighted by atomic mass is 16.5. The quantitative estimate of drug-likeness (QED) is 0.828. The van der Waals surface area contributed by atoms with Crippen molar-refractivity contribution in [2.45, 2.75) is 25.8 Å². The van der Waals surface area contributed by atoms with Crippen molar-refractivity contribution in [3.8, 4) is 0 Å². The largest absolute Gasteiger partial charge is 0.378 e. The molecule has 3 heterocycles. The molecule has 2 saturated heterocycles. The summed E-state index contributed by atoms with van der Waals surface area (Å²) in [4.78, 5) is 23.6.